The van der Waals surface area contributed by atoms with Crippen molar-refractivity contribution in [3.05, 3.63) is 59.1 Å². The molecule has 0 atom stereocenters. The fraction of sp³-hybridized carbons (Fsp3) is 0.227. The number of furan rings is 1. The standard InChI is InChI=1S/C22H20N2O4S2/c1-4-27-15-7-5-14(6-8-15)18-13(2)30-21-19(18)20(23-12-24-21)29-11-16-9-10-17(28-16)22(25)26-3/h5-10,12H,4,11H2,1-3H3. The van der Waals surface area contributed by atoms with Crippen molar-refractivity contribution in [2.45, 2.75) is 24.6 Å². The van der Waals surface area contributed by atoms with Gasteiger partial charge >= 0.3 is 5.97 Å². The van der Waals surface area contributed by atoms with E-state index in [1.165, 1.54) is 12.0 Å². The number of carbonyl (C=O) groups is 1. The van der Waals surface area contributed by atoms with Gasteiger partial charge in [-0.05, 0) is 43.7 Å². The van der Waals surface area contributed by atoms with Crippen molar-refractivity contribution in [3.8, 4) is 16.9 Å². The molecule has 30 heavy (non-hydrogen) atoms. The third-order valence-corrected chi connectivity index (χ3v) is 6.51. The summed E-state index contributed by atoms with van der Waals surface area (Å²) < 4.78 is 15.8. The Labute approximate surface area is 182 Å². The highest BCUT2D eigenvalue weighted by Crippen LogP contribution is 2.42. The summed E-state index contributed by atoms with van der Waals surface area (Å²) in [5.41, 5.74) is 2.24. The van der Waals surface area contributed by atoms with Crippen LogP contribution in [-0.4, -0.2) is 29.7 Å². The first-order chi connectivity index (χ1) is 14.6. The van der Waals surface area contributed by atoms with E-state index in [1.807, 2.05) is 19.1 Å². The van der Waals surface area contributed by atoms with Crippen molar-refractivity contribution in [2.75, 3.05) is 13.7 Å². The van der Waals surface area contributed by atoms with Crippen LogP contribution >= 0.6 is 23.1 Å². The maximum atomic E-state index is 11.6. The van der Waals surface area contributed by atoms with Crippen molar-refractivity contribution >= 4 is 39.3 Å². The molecule has 0 saturated carbocycles. The van der Waals surface area contributed by atoms with Crippen LogP contribution in [0.15, 0.2) is 52.2 Å². The van der Waals surface area contributed by atoms with Crippen molar-refractivity contribution < 1.29 is 18.7 Å². The minimum Gasteiger partial charge on any atom is -0.494 e. The highest BCUT2D eigenvalue weighted by Gasteiger charge is 2.18. The first-order valence-electron chi connectivity index (χ1n) is 9.37. The van der Waals surface area contributed by atoms with Crippen molar-refractivity contribution in [2.24, 2.45) is 0 Å². The molecule has 3 aromatic heterocycles. The second-order valence-corrected chi connectivity index (χ2v) is 8.56. The molecule has 0 radical (unpaired) electrons. The van der Waals surface area contributed by atoms with E-state index < -0.39 is 5.97 Å². The predicted octanol–water partition coefficient (Wildman–Crippen LogP) is 5.74. The van der Waals surface area contributed by atoms with Crippen LogP contribution < -0.4 is 4.74 Å². The lowest BCUT2D eigenvalue weighted by Gasteiger charge is -2.07. The zero-order chi connectivity index (χ0) is 21.1. The quantitative estimate of drug-likeness (QED) is 0.206. The number of nitrogens with zero attached hydrogens (tertiary/aromatic N) is 2. The number of aromatic nitrogens is 2. The molecule has 0 bridgehead atoms. The Morgan fingerprint density at radius 2 is 1.97 bits per heavy atom. The Hall–Kier alpha value is -2.84. The number of aryl methyl sites for hydroxylation is 1. The summed E-state index contributed by atoms with van der Waals surface area (Å²) >= 11 is 3.21. The third kappa shape index (κ3) is 4.06. The van der Waals surface area contributed by atoms with Gasteiger partial charge in [0.25, 0.3) is 0 Å². The second-order valence-electron chi connectivity index (χ2n) is 6.40. The Balaban J connectivity index is 1.66. The zero-order valence-electron chi connectivity index (χ0n) is 16.8. The largest absolute Gasteiger partial charge is 0.494 e. The molecule has 8 heteroatoms. The number of methoxy groups -OCH3 is 1. The van der Waals surface area contributed by atoms with Gasteiger partial charge in [-0.25, -0.2) is 14.8 Å². The van der Waals surface area contributed by atoms with Gasteiger partial charge < -0.3 is 13.9 Å². The van der Waals surface area contributed by atoms with Gasteiger partial charge in [-0.1, -0.05) is 23.9 Å². The highest BCUT2D eigenvalue weighted by molar-refractivity contribution is 7.98. The molecule has 154 valence electrons. The number of fused-ring (bicyclic) bond motifs is 1. The summed E-state index contributed by atoms with van der Waals surface area (Å²) in [5, 5.41) is 1.91. The molecule has 1 aromatic carbocycles. The molecule has 0 unspecified atom stereocenters. The summed E-state index contributed by atoms with van der Waals surface area (Å²) in [6, 6.07) is 11.5. The number of rotatable bonds is 7. The summed E-state index contributed by atoms with van der Waals surface area (Å²) in [6.45, 7) is 4.71. The monoisotopic (exact) mass is 440 g/mol. The molecule has 0 aliphatic carbocycles. The van der Waals surface area contributed by atoms with E-state index in [1.54, 1.807) is 41.6 Å². The van der Waals surface area contributed by atoms with Gasteiger partial charge in [-0.2, -0.15) is 0 Å². The average Bonchev–Trinajstić information content (AvgIpc) is 3.36. The van der Waals surface area contributed by atoms with Gasteiger partial charge in [0.05, 0.1) is 24.9 Å². The van der Waals surface area contributed by atoms with Gasteiger partial charge in [0.15, 0.2) is 0 Å². The normalized spacial score (nSPS) is 11.0. The molecule has 0 aliphatic rings. The van der Waals surface area contributed by atoms with Crippen LogP contribution in [0.1, 0.15) is 28.1 Å². The lowest BCUT2D eigenvalue weighted by molar-refractivity contribution is 0.0563. The number of carbonyl (C=O) groups excluding carboxylic acids is 1. The number of thiophene rings is 1. The maximum Gasteiger partial charge on any atom is 0.373 e. The van der Waals surface area contributed by atoms with Crippen LogP contribution in [-0.2, 0) is 10.5 Å². The van der Waals surface area contributed by atoms with E-state index in [4.69, 9.17) is 13.9 Å². The van der Waals surface area contributed by atoms with Crippen LogP contribution in [0.5, 0.6) is 5.75 Å². The molecule has 0 fully saturated rings. The number of esters is 1. The van der Waals surface area contributed by atoms with Crippen LogP contribution in [0.2, 0.25) is 0 Å². The lowest BCUT2D eigenvalue weighted by Crippen LogP contribution is -1.98. The van der Waals surface area contributed by atoms with Crippen LogP contribution in [0.25, 0.3) is 21.3 Å². The summed E-state index contributed by atoms with van der Waals surface area (Å²) in [6.07, 6.45) is 1.59. The first kappa shape index (κ1) is 20.4. The van der Waals surface area contributed by atoms with Gasteiger partial charge in [0, 0.05) is 10.4 Å². The molecular weight excluding hydrogens is 420 g/mol. The Bertz CT molecular complexity index is 1180. The smallest absolute Gasteiger partial charge is 0.373 e. The van der Waals surface area contributed by atoms with E-state index >= 15 is 0 Å². The van der Waals surface area contributed by atoms with Crippen LogP contribution in [0.4, 0.5) is 0 Å². The molecule has 4 aromatic rings. The number of thioether (sulfide) groups is 1. The van der Waals surface area contributed by atoms with E-state index in [9.17, 15) is 4.79 Å². The van der Waals surface area contributed by atoms with E-state index in [0.29, 0.717) is 18.1 Å². The Kier molecular flexibility index (Phi) is 6.06. The number of hydrogen-bond donors (Lipinski definition) is 0. The molecule has 0 spiro atoms. The molecule has 0 N–H and O–H groups in total. The summed E-state index contributed by atoms with van der Waals surface area (Å²) in [7, 11) is 1.33. The first-order valence-corrected chi connectivity index (χ1v) is 11.2. The molecule has 0 amide bonds. The molecule has 0 aliphatic heterocycles. The molecule has 6 nitrogen and oxygen atoms in total. The maximum absolute atomic E-state index is 11.6. The molecule has 0 saturated heterocycles. The average molecular weight is 441 g/mol. The van der Waals surface area contributed by atoms with Gasteiger partial charge in [0.1, 0.15) is 27.7 Å². The van der Waals surface area contributed by atoms with Crippen LogP contribution in [0.3, 0.4) is 0 Å². The predicted molar refractivity (Wildman–Crippen MR) is 118 cm³/mol. The van der Waals surface area contributed by atoms with Crippen molar-refractivity contribution in [3.63, 3.8) is 0 Å². The van der Waals surface area contributed by atoms with Crippen molar-refractivity contribution in [1.29, 1.82) is 0 Å². The van der Waals surface area contributed by atoms with E-state index in [-0.39, 0.29) is 5.76 Å². The highest BCUT2D eigenvalue weighted by atomic mass is 32.2. The van der Waals surface area contributed by atoms with E-state index in [0.717, 1.165) is 32.1 Å². The fourth-order valence-corrected chi connectivity index (χ4v) is 5.14. The molecular formula is C22H20N2O4S2. The van der Waals surface area contributed by atoms with Gasteiger partial charge in [-0.3, -0.25) is 0 Å². The van der Waals surface area contributed by atoms with E-state index in [2.05, 4.69) is 29.0 Å². The van der Waals surface area contributed by atoms with Crippen LogP contribution in [0, 0.1) is 6.92 Å². The minimum atomic E-state index is -0.484. The molecule has 4 rings (SSSR count). The van der Waals surface area contributed by atoms with Crippen molar-refractivity contribution in [1.82, 2.24) is 9.97 Å². The fourth-order valence-electron chi connectivity index (χ4n) is 3.16. The Morgan fingerprint density at radius 1 is 1.17 bits per heavy atom. The number of hydrogen-bond acceptors (Lipinski definition) is 8. The topological polar surface area (TPSA) is 74.5 Å². The summed E-state index contributed by atoms with van der Waals surface area (Å²) in [4.78, 5) is 22.7. The second kappa shape index (κ2) is 8.89. The zero-order valence-corrected chi connectivity index (χ0v) is 18.4. The lowest BCUT2D eigenvalue weighted by atomic mass is 10.0. The van der Waals surface area contributed by atoms with Gasteiger partial charge in [0.2, 0.25) is 5.76 Å². The minimum absolute atomic E-state index is 0.197. The third-order valence-electron chi connectivity index (χ3n) is 4.48. The summed E-state index contributed by atoms with van der Waals surface area (Å²) in [5.74, 6) is 1.79. The van der Waals surface area contributed by atoms with Gasteiger partial charge in [-0.15, -0.1) is 11.3 Å². The molecule has 3 heterocycles. The number of ether oxygens (including phenoxy) is 2. The Morgan fingerprint density at radius 3 is 2.70 bits per heavy atom. The SMILES string of the molecule is CCOc1ccc(-c2c(C)sc3ncnc(SCc4ccc(C(=O)OC)o4)c23)cc1. The number of benzene rings is 1.